The standard InChI is InChI=1S/C60H40N2/c1-37-17-30-57-52(32-37)51(36-59(62-57)58-16-8-9-31-61-58)39-20-18-38(19-21-39)40-24-27-45-43(33-40)22-23-44-34-41(25-28-46(44)45)42-26-29-50-49-12-4-7-15-55(49)60(56(50)35-42)53-13-5-2-10-47(53)48-11-3-6-14-54(48)60/h2-16,18-37H,17H2,1H3. The molecule has 290 valence electrons. The van der Waals surface area contributed by atoms with Crippen LogP contribution in [0.1, 0.15) is 35.6 Å². The van der Waals surface area contributed by atoms with Crippen molar-refractivity contribution in [3.63, 3.8) is 0 Å². The molecule has 2 aromatic heterocycles. The third kappa shape index (κ3) is 5.10. The molecular formula is C60H40N2. The van der Waals surface area contributed by atoms with E-state index in [-0.39, 0.29) is 5.41 Å². The van der Waals surface area contributed by atoms with Gasteiger partial charge in [-0.25, -0.2) is 4.98 Å². The van der Waals surface area contributed by atoms with Crippen LogP contribution in [0.15, 0.2) is 194 Å². The van der Waals surface area contributed by atoms with Gasteiger partial charge in [-0.2, -0.15) is 0 Å². The van der Waals surface area contributed by atoms with Gasteiger partial charge in [0.2, 0.25) is 0 Å². The number of fused-ring (bicyclic) bond motifs is 14. The second kappa shape index (κ2) is 13.4. The first-order valence-electron chi connectivity index (χ1n) is 21.8. The first-order chi connectivity index (χ1) is 30.6. The van der Waals surface area contributed by atoms with Crippen LogP contribution in [0.3, 0.4) is 0 Å². The fraction of sp³-hybridized carbons (Fsp3) is 0.0667. The average molecular weight is 789 g/mol. The second-order valence-corrected chi connectivity index (χ2v) is 17.3. The zero-order valence-corrected chi connectivity index (χ0v) is 34.3. The van der Waals surface area contributed by atoms with E-state index in [1.165, 1.54) is 105 Å². The first-order valence-corrected chi connectivity index (χ1v) is 21.8. The normalized spacial score (nSPS) is 15.0. The summed E-state index contributed by atoms with van der Waals surface area (Å²) in [7, 11) is 0. The number of aromatic nitrogens is 2. The molecule has 0 aliphatic heterocycles. The van der Waals surface area contributed by atoms with E-state index in [4.69, 9.17) is 4.98 Å². The summed E-state index contributed by atoms with van der Waals surface area (Å²) in [6.45, 7) is 2.28. The van der Waals surface area contributed by atoms with Gasteiger partial charge in [0.05, 0.1) is 22.2 Å². The predicted molar refractivity (Wildman–Crippen MR) is 257 cm³/mol. The highest BCUT2D eigenvalue weighted by molar-refractivity contribution is 6.09. The lowest BCUT2D eigenvalue weighted by Crippen LogP contribution is -2.34. The molecule has 0 saturated carbocycles. The highest BCUT2D eigenvalue weighted by atomic mass is 14.8. The molecular weight excluding hydrogens is 749 g/mol. The van der Waals surface area contributed by atoms with E-state index in [2.05, 4.69) is 194 Å². The lowest BCUT2D eigenvalue weighted by Gasteiger charge is -2.30. The Morgan fingerprint density at radius 2 is 0.968 bits per heavy atom. The van der Waals surface area contributed by atoms with Crippen LogP contribution in [0.2, 0.25) is 0 Å². The average Bonchev–Trinajstić information content (AvgIpc) is 3.81. The molecule has 62 heavy (non-hydrogen) atoms. The van der Waals surface area contributed by atoms with Gasteiger partial charge < -0.3 is 0 Å². The Morgan fingerprint density at radius 1 is 0.435 bits per heavy atom. The molecule has 2 heterocycles. The van der Waals surface area contributed by atoms with Crippen LogP contribution in [-0.4, -0.2) is 9.97 Å². The van der Waals surface area contributed by atoms with E-state index in [0.29, 0.717) is 5.92 Å². The van der Waals surface area contributed by atoms with Crippen molar-refractivity contribution in [2.24, 2.45) is 5.92 Å². The van der Waals surface area contributed by atoms with Gasteiger partial charge in [-0.05, 0) is 148 Å². The maximum Gasteiger partial charge on any atom is 0.0899 e. The van der Waals surface area contributed by atoms with Crippen molar-refractivity contribution >= 4 is 33.7 Å². The topological polar surface area (TPSA) is 25.8 Å². The molecule has 0 fully saturated rings. The number of pyridine rings is 2. The highest BCUT2D eigenvalue weighted by Crippen LogP contribution is 2.63. The summed E-state index contributed by atoms with van der Waals surface area (Å²) in [4.78, 5) is 9.66. The molecule has 1 spiro atoms. The van der Waals surface area contributed by atoms with Crippen molar-refractivity contribution < 1.29 is 0 Å². The van der Waals surface area contributed by atoms with Gasteiger partial charge in [-0.15, -0.1) is 0 Å². The predicted octanol–water partition coefficient (Wildman–Crippen LogP) is 13.4. The lowest BCUT2D eigenvalue weighted by atomic mass is 9.70. The van der Waals surface area contributed by atoms with Crippen molar-refractivity contribution in [3.8, 4) is 67.0 Å². The number of hydrogen-bond donors (Lipinski definition) is 0. The zero-order valence-electron chi connectivity index (χ0n) is 34.3. The van der Waals surface area contributed by atoms with Crippen molar-refractivity contribution in [2.75, 3.05) is 0 Å². The fourth-order valence-electron chi connectivity index (χ4n) is 11.0. The van der Waals surface area contributed by atoms with Crippen molar-refractivity contribution in [1.82, 2.24) is 9.97 Å². The Balaban J connectivity index is 0.862. The highest BCUT2D eigenvalue weighted by Gasteiger charge is 2.51. The van der Waals surface area contributed by atoms with Crippen molar-refractivity contribution in [2.45, 2.75) is 18.8 Å². The van der Waals surface area contributed by atoms with Crippen LogP contribution in [0.25, 0.3) is 101 Å². The molecule has 2 nitrogen and oxygen atoms in total. The van der Waals surface area contributed by atoms with Gasteiger partial charge in [-0.1, -0.05) is 171 Å². The molecule has 1 unspecified atom stereocenters. The summed E-state index contributed by atoms with van der Waals surface area (Å²) in [6.07, 6.45) is 7.49. The number of benzene rings is 8. The van der Waals surface area contributed by atoms with Crippen LogP contribution in [0.5, 0.6) is 0 Å². The van der Waals surface area contributed by atoms with Gasteiger partial charge in [0.1, 0.15) is 0 Å². The van der Waals surface area contributed by atoms with E-state index in [0.717, 1.165) is 23.2 Å². The molecule has 10 aromatic rings. The Bertz CT molecular complexity index is 3560. The van der Waals surface area contributed by atoms with Gasteiger partial charge in [0, 0.05) is 11.4 Å². The third-order valence-corrected chi connectivity index (χ3v) is 13.8. The molecule has 0 radical (unpaired) electrons. The molecule has 8 aromatic carbocycles. The quantitative estimate of drug-likeness (QED) is 0.166. The van der Waals surface area contributed by atoms with E-state index in [1.54, 1.807) is 0 Å². The van der Waals surface area contributed by atoms with Gasteiger partial charge in [-0.3, -0.25) is 4.98 Å². The van der Waals surface area contributed by atoms with Crippen LogP contribution in [-0.2, 0) is 5.41 Å². The molecule has 3 aliphatic carbocycles. The Kier molecular flexibility index (Phi) is 7.60. The number of rotatable bonds is 4. The largest absolute Gasteiger partial charge is 0.255 e. The SMILES string of the molecule is CC1C=c2c(-c3ccc(-c4ccc5c(ccc6cc(-c7ccc8c(c7)C7(c9ccccc9-c9ccccc97)c7ccccc7-8)ccc65)c4)cc3)cc(-c3ccccn3)nc2=CC1. The zero-order chi connectivity index (χ0) is 40.9. The van der Waals surface area contributed by atoms with E-state index < -0.39 is 0 Å². The smallest absolute Gasteiger partial charge is 0.0899 e. The van der Waals surface area contributed by atoms with Crippen LogP contribution in [0, 0.1) is 5.92 Å². The van der Waals surface area contributed by atoms with E-state index >= 15 is 0 Å². The number of nitrogens with zero attached hydrogens (tertiary/aromatic N) is 2. The molecule has 0 saturated heterocycles. The molecule has 1 atom stereocenters. The van der Waals surface area contributed by atoms with Crippen molar-refractivity contribution in [3.05, 3.63) is 227 Å². The molecule has 13 rings (SSSR count). The van der Waals surface area contributed by atoms with Crippen LogP contribution >= 0.6 is 0 Å². The van der Waals surface area contributed by atoms with Crippen molar-refractivity contribution in [1.29, 1.82) is 0 Å². The van der Waals surface area contributed by atoms with Crippen LogP contribution in [0.4, 0.5) is 0 Å². The molecule has 3 aliphatic rings. The van der Waals surface area contributed by atoms with Gasteiger partial charge >= 0.3 is 0 Å². The molecule has 0 bridgehead atoms. The second-order valence-electron chi connectivity index (χ2n) is 17.3. The van der Waals surface area contributed by atoms with E-state index in [9.17, 15) is 0 Å². The molecule has 2 heteroatoms. The minimum Gasteiger partial charge on any atom is -0.255 e. The Morgan fingerprint density at radius 3 is 1.60 bits per heavy atom. The minimum absolute atomic E-state index is 0.349. The maximum absolute atomic E-state index is 5.04. The van der Waals surface area contributed by atoms with Crippen LogP contribution < -0.4 is 10.6 Å². The summed E-state index contributed by atoms with van der Waals surface area (Å²) < 4.78 is 0. The molecule has 0 N–H and O–H groups in total. The van der Waals surface area contributed by atoms with Gasteiger partial charge in [0.15, 0.2) is 0 Å². The summed E-state index contributed by atoms with van der Waals surface area (Å²) in [5, 5.41) is 7.29. The molecule has 0 amide bonds. The Labute approximate surface area is 360 Å². The lowest BCUT2D eigenvalue weighted by molar-refractivity contribution is 0.794. The first kappa shape index (κ1) is 35.1. The monoisotopic (exact) mass is 788 g/mol. The van der Waals surface area contributed by atoms with E-state index in [1.807, 2.05) is 24.4 Å². The summed E-state index contributed by atoms with van der Waals surface area (Å²) >= 11 is 0. The maximum atomic E-state index is 5.04. The minimum atomic E-state index is -0.349. The third-order valence-electron chi connectivity index (χ3n) is 13.8. The number of hydrogen-bond acceptors (Lipinski definition) is 2. The summed E-state index contributed by atoms with van der Waals surface area (Å²) in [6, 6.07) is 70.0. The van der Waals surface area contributed by atoms with Gasteiger partial charge in [0.25, 0.3) is 0 Å². The summed E-state index contributed by atoms with van der Waals surface area (Å²) in [5.74, 6) is 0.474. The fourth-order valence-corrected chi connectivity index (χ4v) is 11.0. The Hall–Kier alpha value is -7.68. The summed E-state index contributed by atoms with van der Waals surface area (Å²) in [5.41, 5.74) is 19.5.